The van der Waals surface area contributed by atoms with Crippen molar-refractivity contribution >= 4 is 32.8 Å². The second kappa shape index (κ2) is 9.53. The smallest absolute Gasteiger partial charge is 0.243 e. The fourth-order valence-electron chi connectivity index (χ4n) is 4.22. The number of hydrogen-bond donors (Lipinski definition) is 0. The van der Waals surface area contributed by atoms with Gasteiger partial charge in [-0.05, 0) is 49.7 Å². The molecule has 1 aliphatic rings. The lowest BCUT2D eigenvalue weighted by Gasteiger charge is -2.26. The van der Waals surface area contributed by atoms with Crippen LogP contribution in [0.15, 0.2) is 64.9 Å². The minimum Gasteiger partial charge on any atom is -0.379 e. The van der Waals surface area contributed by atoms with Gasteiger partial charge in [0.15, 0.2) is 5.16 Å². The van der Waals surface area contributed by atoms with Gasteiger partial charge in [0.2, 0.25) is 10.0 Å². The predicted octanol–water partition coefficient (Wildman–Crippen LogP) is 3.86. The fraction of sp³-hybridized carbons (Fsp3) is 0.333. The Morgan fingerprint density at radius 1 is 1.12 bits per heavy atom. The molecule has 0 bridgehead atoms. The topological polar surface area (TPSA) is 82.2 Å². The van der Waals surface area contributed by atoms with Crippen molar-refractivity contribution in [3.63, 3.8) is 0 Å². The number of fused-ring (bicyclic) bond motifs is 1. The van der Waals surface area contributed by atoms with E-state index in [0.29, 0.717) is 37.6 Å². The first-order chi connectivity index (χ1) is 16.5. The number of morpholine rings is 1. The van der Waals surface area contributed by atoms with Gasteiger partial charge >= 0.3 is 0 Å². The Morgan fingerprint density at radius 3 is 2.71 bits per heavy atom. The lowest BCUT2D eigenvalue weighted by atomic mass is 10.2. The maximum absolute atomic E-state index is 13.1. The van der Waals surface area contributed by atoms with E-state index in [2.05, 4.69) is 46.2 Å². The molecule has 0 N–H and O–H groups in total. The second-order valence-electron chi connectivity index (χ2n) is 8.15. The SMILES string of the molecule is CCn1c(CSc2nccn2-c2cccc(C)c2)nc2cc(S(=O)(=O)N3CCOCC3)ccc21. The van der Waals surface area contributed by atoms with Crippen LogP contribution in [-0.2, 0) is 27.1 Å². The molecule has 0 radical (unpaired) electrons. The van der Waals surface area contributed by atoms with Gasteiger partial charge < -0.3 is 9.30 Å². The van der Waals surface area contributed by atoms with Crippen molar-refractivity contribution in [3.8, 4) is 5.69 Å². The van der Waals surface area contributed by atoms with Gasteiger partial charge in [-0.15, -0.1) is 0 Å². The molecule has 10 heteroatoms. The molecule has 0 amide bonds. The third-order valence-corrected chi connectivity index (χ3v) is 8.80. The summed E-state index contributed by atoms with van der Waals surface area (Å²) in [6.45, 7) is 6.48. The van der Waals surface area contributed by atoms with Crippen molar-refractivity contribution in [2.45, 2.75) is 36.2 Å². The maximum Gasteiger partial charge on any atom is 0.243 e. The largest absolute Gasteiger partial charge is 0.379 e. The number of aromatic nitrogens is 4. The number of ether oxygens (including phenoxy) is 1. The number of imidazole rings is 2. The van der Waals surface area contributed by atoms with Crippen molar-refractivity contribution < 1.29 is 13.2 Å². The van der Waals surface area contributed by atoms with E-state index in [9.17, 15) is 8.42 Å². The highest BCUT2D eigenvalue weighted by molar-refractivity contribution is 7.98. The number of sulfonamides is 1. The fourth-order valence-corrected chi connectivity index (χ4v) is 6.57. The van der Waals surface area contributed by atoms with Crippen molar-refractivity contribution in [1.29, 1.82) is 0 Å². The van der Waals surface area contributed by atoms with Crippen LogP contribution in [0, 0.1) is 6.92 Å². The first kappa shape index (κ1) is 23.1. The average Bonchev–Trinajstić information content (AvgIpc) is 3.46. The first-order valence-corrected chi connectivity index (χ1v) is 13.7. The van der Waals surface area contributed by atoms with E-state index in [4.69, 9.17) is 9.72 Å². The van der Waals surface area contributed by atoms with E-state index >= 15 is 0 Å². The third kappa shape index (κ3) is 4.38. The molecule has 3 heterocycles. The number of benzene rings is 2. The Labute approximate surface area is 203 Å². The Hall–Kier alpha value is -2.66. The molecule has 2 aromatic heterocycles. The van der Waals surface area contributed by atoms with Gasteiger partial charge in [-0.3, -0.25) is 4.57 Å². The molecule has 1 fully saturated rings. The third-order valence-electron chi connectivity index (χ3n) is 5.94. The Morgan fingerprint density at radius 2 is 1.94 bits per heavy atom. The summed E-state index contributed by atoms with van der Waals surface area (Å²) in [6, 6.07) is 13.5. The van der Waals surface area contributed by atoms with E-state index in [1.54, 1.807) is 30.1 Å². The van der Waals surface area contributed by atoms with E-state index in [1.807, 2.05) is 18.3 Å². The quantitative estimate of drug-likeness (QED) is 0.361. The summed E-state index contributed by atoms with van der Waals surface area (Å²) in [5.41, 5.74) is 3.88. The highest BCUT2D eigenvalue weighted by Crippen LogP contribution is 2.28. The molecule has 178 valence electrons. The molecule has 1 aliphatic heterocycles. The van der Waals surface area contributed by atoms with Gasteiger partial charge in [-0.1, -0.05) is 23.9 Å². The molecular weight excluding hydrogens is 470 g/mol. The van der Waals surface area contributed by atoms with Gasteiger partial charge in [0.1, 0.15) is 5.82 Å². The molecule has 1 saturated heterocycles. The van der Waals surface area contributed by atoms with Crippen LogP contribution in [-0.4, -0.2) is 58.1 Å². The molecule has 0 saturated carbocycles. The van der Waals surface area contributed by atoms with Gasteiger partial charge in [-0.2, -0.15) is 4.31 Å². The number of thioether (sulfide) groups is 1. The van der Waals surface area contributed by atoms with E-state index in [-0.39, 0.29) is 4.90 Å². The number of rotatable bonds is 7. The zero-order chi connectivity index (χ0) is 23.7. The molecule has 2 aromatic carbocycles. The number of nitrogens with zero attached hydrogens (tertiary/aromatic N) is 5. The minimum atomic E-state index is -3.57. The van der Waals surface area contributed by atoms with Crippen LogP contribution in [0.1, 0.15) is 18.3 Å². The van der Waals surface area contributed by atoms with Crippen LogP contribution in [0.25, 0.3) is 16.7 Å². The predicted molar refractivity (Wildman–Crippen MR) is 133 cm³/mol. The van der Waals surface area contributed by atoms with E-state index < -0.39 is 10.0 Å². The van der Waals surface area contributed by atoms with Gasteiger partial charge in [0, 0.05) is 37.7 Å². The van der Waals surface area contributed by atoms with Crippen molar-refractivity contribution in [2.75, 3.05) is 26.3 Å². The number of hydrogen-bond acceptors (Lipinski definition) is 6. The molecule has 34 heavy (non-hydrogen) atoms. The maximum atomic E-state index is 13.1. The standard InChI is InChI=1S/C24H27N5O3S2/c1-3-28-22-8-7-20(34(30,31)27-11-13-32-14-12-27)16-21(22)26-23(28)17-33-24-25-9-10-29(24)19-6-4-5-18(2)15-19/h4-10,15-16H,3,11-14,17H2,1-2H3. The van der Waals surface area contributed by atoms with Crippen LogP contribution in [0.4, 0.5) is 0 Å². The Balaban J connectivity index is 1.42. The lowest BCUT2D eigenvalue weighted by molar-refractivity contribution is 0.0730. The summed E-state index contributed by atoms with van der Waals surface area (Å²) in [5.74, 6) is 1.51. The average molecular weight is 498 g/mol. The van der Waals surface area contributed by atoms with Gasteiger partial charge in [0.05, 0.1) is 34.9 Å². The molecular formula is C24H27N5O3S2. The monoisotopic (exact) mass is 497 g/mol. The number of aryl methyl sites for hydroxylation is 2. The lowest BCUT2D eigenvalue weighted by Crippen LogP contribution is -2.40. The van der Waals surface area contributed by atoms with Crippen LogP contribution < -0.4 is 0 Å². The minimum absolute atomic E-state index is 0.275. The molecule has 0 unspecified atom stereocenters. The van der Waals surface area contributed by atoms with Crippen LogP contribution in [0.2, 0.25) is 0 Å². The summed E-state index contributed by atoms with van der Waals surface area (Å²) < 4.78 is 37.2. The normalized spacial score (nSPS) is 15.2. The van der Waals surface area contributed by atoms with Gasteiger partial charge in [-0.25, -0.2) is 18.4 Å². The molecule has 5 rings (SSSR count). The second-order valence-corrected chi connectivity index (χ2v) is 11.0. The molecule has 0 aliphatic carbocycles. The highest BCUT2D eigenvalue weighted by Gasteiger charge is 2.27. The molecule has 0 spiro atoms. The Kier molecular flexibility index (Phi) is 6.48. The summed E-state index contributed by atoms with van der Waals surface area (Å²) in [6.07, 6.45) is 3.76. The van der Waals surface area contributed by atoms with E-state index in [1.165, 1.54) is 9.87 Å². The van der Waals surface area contributed by atoms with Crippen molar-refractivity contribution in [1.82, 2.24) is 23.4 Å². The molecule has 0 atom stereocenters. The summed E-state index contributed by atoms with van der Waals surface area (Å²) >= 11 is 1.61. The first-order valence-electron chi connectivity index (χ1n) is 11.3. The zero-order valence-corrected chi connectivity index (χ0v) is 20.8. The molecule has 4 aromatic rings. The van der Waals surface area contributed by atoms with Crippen LogP contribution in [0.5, 0.6) is 0 Å². The zero-order valence-electron chi connectivity index (χ0n) is 19.2. The van der Waals surface area contributed by atoms with E-state index in [0.717, 1.165) is 28.7 Å². The van der Waals surface area contributed by atoms with Crippen molar-refractivity contribution in [3.05, 3.63) is 66.2 Å². The van der Waals surface area contributed by atoms with Crippen LogP contribution >= 0.6 is 11.8 Å². The van der Waals surface area contributed by atoms with Crippen molar-refractivity contribution in [2.24, 2.45) is 0 Å². The summed E-state index contributed by atoms with van der Waals surface area (Å²) in [5, 5.41) is 0.885. The Bertz CT molecular complexity index is 1420. The summed E-state index contributed by atoms with van der Waals surface area (Å²) in [4.78, 5) is 9.63. The van der Waals surface area contributed by atoms with Crippen LogP contribution in [0.3, 0.4) is 0 Å². The highest BCUT2D eigenvalue weighted by atomic mass is 32.2. The van der Waals surface area contributed by atoms with Gasteiger partial charge in [0.25, 0.3) is 0 Å². The molecule has 8 nitrogen and oxygen atoms in total. The summed E-state index contributed by atoms with van der Waals surface area (Å²) in [7, 11) is -3.57.